The second-order valence-corrected chi connectivity index (χ2v) is 5.72. The zero-order chi connectivity index (χ0) is 14.2. The molecular formula is C15H20N2O2. The fourth-order valence-corrected chi connectivity index (χ4v) is 2.08. The van der Waals surface area contributed by atoms with Crippen LogP contribution in [0.1, 0.15) is 43.1 Å². The van der Waals surface area contributed by atoms with Crippen molar-refractivity contribution in [1.82, 2.24) is 4.90 Å². The molecule has 0 bridgehead atoms. The second kappa shape index (κ2) is 4.68. The van der Waals surface area contributed by atoms with Gasteiger partial charge in [-0.3, -0.25) is 4.79 Å². The number of Topliss-reactive ketones (excluding diaryl/α,β-unsaturated/α-hetero) is 1. The maximum Gasteiger partial charge on any atom is 0.321 e. The molecule has 0 radical (unpaired) electrons. The van der Waals surface area contributed by atoms with Gasteiger partial charge < -0.3 is 10.2 Å². The molecule has 1 aromatic carbocycles. The van der Waals surface area contributed by atoms with Crippen LogP contribution in [0.4, 0.5) is 10.5 Å². The largest absolute Gasteiger partial charge is 0.323 e. The van der Waals surface area contributed by atoms with E-state index in [9.17, 15) is 9.59 Å². The summed E-state index contributed by atoms with van der Waals surface area (Å²) in [6.07, 6.45) is 0.805. The van der Waals surface area contributed by atoms with Crippen molar-refractivity contribution in [1.29, 1.82) is 0 Å². The van der Waals surface area contributed by atoms with E-state index in [1.807, 2.05) is 32.9 Å². The number of hydrogen-bond acceptors (Lipinski definition) is 2. The van der Waals surface area contributed by atoms with Crippen LogP contribution < -0.4 is 5.32 Å². The third kappa shape index (κ3) is 2.48. The van der Waals surface area contributed by atoms with Crippen molar-refractivity contribution >= 4 is 17.5 Å². The smallest absolute Gasteiger partial charge is 0.321 e. The summed E-state index contributed by atoms with van der Waals surface area (Å²) in [6.45, 7) is 6.48. The highest BCUT2D eigenvalue weighted by atomic mass is 16.2. The number of anilines is 1. The topological polar surface area (TPSA) is 49.4 Å². The van der Waals surface area contributed by atoms with Gasteiger partial charge in [0.05, 0.1) is 0 Å². The van der Waals surface area contributed by atoms with Crippen LogP contribution in [-0.2, 0) is 6.54 Å². The van der Waals surface area contributed by atoms with E-state index in [0.717, 1.165) is 23.2 Å². The number of fused-ring (bicyclic) bond motifs is 1. The van der Waals surface area contributed by atoms with Crippen LogP contribution in [-0.4, -0.2) is 23.8 Å². The number of rotatable bonds is 3. The van der Waals surface area contributed by atoms with Crippen LogP contribution in [0.25, 0.3) is 0 Å². The Morgan fingerprint density at radius 1 is 1.42 bits per heavy atom. The van der Waals surface area contributed by atoms with Crippen molar-refractivity contribution in [3.63, 3.8) is 0 Å². The summed E-state index contributed by atoms with van der Waals surface area (Å²) in [6, 6.07) is 5.40. The molecule has 1 aliphatic rings. The van der Waals surface area contributed by atoms with E-state index in [0.29, 0.717) is 6.54 Å². The molecule has 1 aliphatic heterocycles. The lowest BCUT2D eigenvalue weighted by Crippen LogP contribution is -2.35. The number of urea groups is 1. The van der Waals surface area contributed by atoms with Crippen LogP contribution in [0.15, 0.2) is 18.2 Å². The Morgan fingerprint density at radius 2 is 2.11 bits per heavy atom. The molecular weight excluding hydrogens is 240 g/mol. The molecule has 4 heteroatoms. The van der Waals surface area contributed by atoms with Crippen molar-refractivity contribution < 1.29 is 9.59 Å². The predicted octanol–water partition coefficient (Wildman–Crippen LogP) is 3.28. The summed E-state index contributed by atoms with van der Waals surface area (Å²) in [5.74, 6) is 0.150. The van der Waals surface area contributed by atoms with Gasteiger partial charge in [-0.05, 0) is 30.2 Å². The average molecular weight is 260 g/mol. The van der Waals surface area contributed by atoms with E-state index in [1.165, 1.54) is 0 Å². The van der Waals surface area contributed by atoms with E-state index in [1.54, 1.807) is 18.0 Å². The zero-order valence-electron chi connectivity index (χ0n) is 11.9. The number of benzene rings is 1. The highest BCUT2D eigenvalue weighted by molar-refractivity contribution is 6.01. The molecule has 4 nitrogen and oxygen atoms in total. The van der Waals surface area contributed by atoms with E-state index in [4.69, 9.17) is 0 Å². The quantitative estimate of drug-likeness (QED) is 0.848. The fourth-order valence-electron chi connectivity index (χ4n) is 2.08. The summed E-state index contributed by atoms with van der Waals surface area (Å²) >= 11 is 0. The fraction of sp³-hybridized carbons (Fsp3) is 0.467. The standard InChI is InChI=1S/C15H20N2O2/c1-5-15(2,3)13(18)10-6-7-12-11(8-10)9-17(4)14(19)16-12/h6-8H,5,9H2,1-4H3,(H,16,19). The first-order valence-electron chi connectivity index (χ1n) is 6.55. The molecule has 2 amide bonds. The molecule has 0 fully saturated rings. The number of carbonyl (C=O) groups is 2. The van der Waals surface area contributed by atoms with E-state index in [2.05, 4.69) is 5.32 Å². The lowest BCUT2D eigenvalue weighted by Gasteiger charge is -2.27. The van der Waals surface area contributed by atoms with Gasteiger partial charge in [-0.25, -0.2) is 4.79 Å². The van der Waals surface area contributed by atoms with Crippen LogP contribution in [0.2, 0.25) is 0 Å². The van der Waals surface area contributed by atoms with Gasteiger partial charge >= 0.3 is 6.03 Å². The third-order valence-electron chi connectivity index (χ3n) is 3.86. The second-order valence-electron chi connectivity index (χ2n) is 5.72. The first kappa shape index (κ1) is 13.6. The maximum atomic E-state index is 12.4. The van der Waals surface area contributed by atoms with Gasteiger partial charge in [0.1, 0.15) is 0 Å². The van der Waals surface area contributed by atoms with Crippen LogP contribution in [0.5, 0.6) is 0 Å². The first-order valence-corrected chi connectivity index (χ1v) is 6.55. The molecule has 1 heterocycles. The monoisotopic (exact) mass is 260 g/mol. The Morgan fingerprint density at radius 3 is 2.74 bits per heavy atom. The predicted molar refractivity (Wildman–Crippen MR) is 75.3 cm³/mol. The van der Waals surface area contributed by atoms with Gasteiger partial charge in [-0.1, -0.05) is 20.8 Å². The van der Waals surface area contributed by atoms with Gasteiger partial charge in [0, 0.05) is 30.3 Å². The Balaban J connectivity index is 2.35. The van der Waals surface area contributed by atoms with Gasteiger partial charge in [0.25, 0.3) is 0 Å². The molecule has 102 valence electrons. The zero-order valence-corrected chi connectivity index (χ0v) is 11.9. The summed E-state index contributed by atoms with van der Waals surface area (Å²) in [4.78, 5) is 25.6. The minimum absolute atomic E-state index is 0.111. The molecule has 1 aromatic rings. The summed E-state index contributed by atoms with van der Waals surface area (Å²) in [5, 5.41) is 2.80. The van der Waals surface area contributed by atoms with Crippen LogP contribution in [0, 0.1) is 5.41 Å². The number of nitrogens with one attached hydrogen (secondary N) is 1. The normalized spacial score (nSPS) is 14.9. The lowest BCUT2D eigenvalue weighted by atomic mass is 9.81. The Kier molecular flexibility index (Phi) is 3.35. The molecule has 0 unspecified atom stereocenters. The van der Waals surface area contributed by atoms with Gasteiger partial charge in [-0.2, -0.15) is 0 Å². The molecule has 0 aromatic heterocycles. The van der Waals surface area contributed by atoms with E-state index in [-0.39, 0.29) is 17.2 Å². The number of ketones is 1. The van der Waals surface area contributed by atoms with Crippen molar-refractivity contribution in [2.45, 2.75) is 33.7 Å². The van der Waals surface area contributed by atoms with Crippen molar-refractivity contribution in [2.75, 3.05) is 12.4 Å². The van der Waals surface area contributed by atoms with Crippen molar-refractivity contribution in [3.05, 3.63) is 29.3 Å². The van der Waals surface area contributed by atoms with E-state index < -0.39 is 0 Å². The molecule has 0 atom stereocenters. The Labute approximate surface area is 113 Å². The molecule has 0 saturated carbocycles. The summed E-state index contributed by atoms with van der Waals surface area (Å²) in [7, 11) is 1.74. The van der Waals surface area contributed by atoms with Gasteiger partial charge in [-0.15, -0.1) is 0 Å². The van der Waals surface area contributed by atoms with Gasteiger partial charge in [0.2, 0.25) is 0 Å². The highest BCUT2D eigenvalue weighted by Gasteiger charge is 2.28. The Hall–Kier alpha value is -1.84. The molecule has 1 N–H and O–H groups in total. The highest BCUT2D eigenvalue weighted by Crippen LogP contribution is 2.29. The number of carbonyl (C=O) groups excluding carboxylic acids is 2. The number of hydrogen-bond donors (Lipinski definition) is 1. The minimum Gasteiger partial charge on any atom is -0.323 e. The van der Waals surface area contributed by atoms with Crippen LogP contribution in [0.3, 0.4) is 0 Å². The maximum absolute atomic E-state index is 12.4. The first-order chi connectivity index (χ1) is 8.85. The minimum atomic E-state index is -0.349. The lowest BCUT2D eigenvalue weighted by molar-refractivity contribution is 0.0833. The van der Waals surface area contributed by atoms with Gasteiger partial charge in [0.15, 0.2) is 5.78 Å². The number of nitrogens with zero attached hydrogens (tertiary/aromatic N) is 1. The summed E-state index contributed by atoms with van der Waals surface area (Å²) < 4.78 is 0. The molecule has 0 saturated heterocycles. The average Bonchev–Trinajstić information content (AvgIpc) is 2.38. The number of amides is 2. The molecule has 19 heavy (non-hydrogen) atoms. The van der Waals surface area contributed by atoms with Crippen LogP contribution >= 0.6 is 0 Å². The molecule has 2 rings (SSSR count). The molecule has 0 spiro atoms. The SMILES string of the molecule is CCC(C)(C)C(=O)c1ccc2c(c1)CN(C)C(=O)N2. The third-order valence-corrected chi connectivity index (χ3v) is 3.86. The Bertz CT molecular complexity index is 535. The van der Waals surface area contributed by atoms with Crippen molar-refractivity contribution in [2.24, 2.45) is 5.41 Å². The summed E-state index contributed by atoms with van der Waals surface area (Å²) in [5.41, 5.74) is 2.15. The van der Waals surface area contributed by atoms with Crippen molar-refractivity contribution in [3.8, 4) is 0 Å². The molecule has 0 aliphatic carbocycles. The van der Waals surface area contributed by atoms with E-state index >= 15 is 0 Å².